The number of benzene rings is 2. The van der Waals surface area contributed by atoms with E-state index in [9.17, 15) is 0 Å². The molecular weight excluding hydrogens is 311 g/mol. The molecule has 20 heavy (non-hydrogen) atoms. The average Bonchev–Trinajstić information content (AvgIpc) is 2.45. The van der Waals surface area contributed by atoms with E-state index in [1.54, 1.807) is 11.8 Å². The number of halogens is 2. The van der Waals surface area contributed by atoms with Gasteiger partial charge < -0.3 is 0 Å². The number of nitrogens with two attached hydrogens (primary N) is 1. The van der Waals surface area contributed by atoms with Crippen molar-refractivity contribution >= 4 is 35.0 Å². The van der Waals surface area contributed by atoms with E-state index < -0.39 is 0 Å². The molecule has 2 rings (SSSR count). The average molecular weight is 327 g/mol. The van der Waals surface area contributed by atoms with Gasteiger partial charge in [0, 0.05) is 26.7 Å². The number of thioether (sulfide) groups is 1. The van der Waals surface area contributed by atoms with Crippen molar-refractivity contribution in [3.05, 3.63) is 64.1 Å². The Morgan fingerprint density at radius 3 is 2.45 bits per heavy atom. The van der Waals surface area contributed by atoms with Gasteiger partial charge in [-0.25, -0.2) is 0 Å². The molecule has 0 fully saturated rings. The van der Waals surface area contributed by atoms with Crippen LogP contribution in [0.4, 0.5) is 0 Å². The van der Waals surface area contributed by atoms with Crippen LogP contribution in [0.15, 0.2) is 53.4 Å². The molecule has 0 amide bonds. The normalized spacial score (nSPS) is 12.3. The molecule has 1 unspecified atom stereocenters. The van der Waals surface area contributed by atoms with E-state index in [0.29, 0.717) is 0 Å². The largest absolute Gasteiger partial charge is 0.271 e. The van der Waals surface area contributed by atoms with Crippen molar-refractivity contribution in [1.82, 2.24) is 5.43 Å². The summed E-state index contributed by atoms with van der Waals surface area (Å²) in [6, 6.07) is 15.9. The van der Waals surface area contributed by atoms with Crippen molar-refractivity contribution in [2.45, 2.75) is 17.4 Å². The van der Waals surface area contributed by atoms with Gasteiger partial charge in [0.15, 0.2) is 0 Å². The summed E-state index contributed by atoms with van der Waals surface area (Å²) >= 11 is 13.6. The first-order chi connectivity index (χ1) is 9.67. The molecule has 0 aromatic heterocycles. The van der Waals surface area contributed by atoms with Crippen LogP contribution in [0.2, 0.25) is 10.0 Å². The second-order valence-electron chi connectivity index (χ2n) is 4.46. The SMILES string of the molecule is NNC(CSc1cccc(Cl)c1)Cc1ccc(Cl)cc1. The molecule has 0 heterocycles. The lowest BCUT2D eigenvalue weighted by molar-refractivity contribution is 0.575. The highest BCUT2D eigenvalue weighted by Gasteiger charge is 2.09. The third-order valence-electron chi connectivity index (χ3n) is 2.88. The molecule has 0 aliphatic heterocycles. The first-order valence-electron chi connectivity index (χ1n) is 6.26. The van der Waals surface area contributed by atoms with Crippen LogP contribution in [0.5, 0.6) is 0 Å². The highest BCUT2D eigenvalue weighted by Crippen LogP contribution is 2.23. The zero-order valence-electron chi connectivity index (χ0n) is 10.9. The Labute approximate surface area is 133 Å². The highest BCUT2D eigenvalue weighted by molar-refractivity contribution is 7.99. The summed E-state index contributed by atoms with van der Waals surface area (Å²) in [6.07, 6.45) is 0.862. The van der Waals surface area contributed by atoms with Gasteiger partial charge in [0.1, 0.15) is 0 Å². The van der Waals surface area contributed by atoms with E-state index in [-0.39, 0.29) is 6.04 Å². The highest BCUT2D eigenvalue weighted by atomic mass is 35.5. The summed E-state index contributed by atoms with van der Waals surface area (Å²) in [5.41, 5.74) is 4.08. The van der Waals surface area contributed by atoms with Crippen LogP contribution in [0.25, 0.3) is 0 Å². The molecule has 0 bridgehead atoms. The first-order valence-corrected chi connectivity index (χ1v) is 8.00. The molecule has 0 spiro atoms. The van der Waals surface area contributed by atoms with E-state index in [0.717, 1.165) is 27.1 Å². The van der Waals surface area contributed by atoms with Crippen LogP contribution in [-0.4, -0.2) is 11.8 Å². The first kappa shape index (κ1) is 15.7. The summed E-state index contributed by atoms with van der Waals surface area (Å²) in [7, 11) is 0. The third kappa shape index (κ3) is 5.00. The molecule has 0 aliphatic rings. The molecule has 0 aliphatic carbocycles. The molecule has 106 valence electrons. The van der Waals surface area contributed by atoms with Crippen LogP contribution >= 0.6 is 35.0 Å². The van der Waals surface area contributed by atoms with Crippen LogP contribution in [0.1, 0.15) is 5.56 Å². The quantitative estimate of drug-likeness (QED) is 0.475. The lowest BCUT2D eigenvalue weighted by atomic mass is 10.1. The standard InChI is InChI=1S/C15H16Cl2N2S/c16-12-6-4-11(5-7-12)8-14(19-18)10-20-15-3-1-2-13(17)9-15/h1-7,9,14,19H,8,10,18H2. The van der Waals surface area contributed by atoms with Crippen molar-refractivity contribution in [2.24, 2.45) is 5.84 Å². The van der Waals surface area contributed by atoms with Gasteiger partial charge in [0.05, 0.1) is 0 Å². The topological polar surface area (TPSA) is 38.0 Å². The summed E-state index contributed by atoms with van der Waals surface area (Å²) in [4.78, 5) is 1.15. The predicted octanol–water partition coefficient (Wildman–Crippen LogP) is 4.16. The van der Waals surface area contributed by atoms with Gasteiger partial charge in [0.2, 0.25) is 0 Å². The molecule has 3 N–H and O–H groups in total. The van der Waals surface area contributed by atoms with Crippen LogP contribution in [0, 0.1) is 0 Å². The van der Waals surface area contributed by atoms with E-state index in [1.165, 1.54) is 5.56 Å². The maximum Gasteiger partial charge on any atom is 0.0417 e. The number of hydrogen-bond donors (Lipinski definition) is 2. The van der Waals surface area contributed by atoms with Crippen molar-refractivity contribution in [1.29, 1.82) is 0 Å². The third-order valence-corrected chi connectivity index (χ3v) is 4.52. The summed E-state index contributed by atoms with van der Waals surface area (Å²) in [5, 5.41) is 1.50. The zero-order chi connectivity index (χ0) is 14.4. The maximum atomic E-state index is 5.97. The van der Waals surface area contributed by atoms with E-state index >= 15 is 0 Å². The Morgan fingerprint density at radius 1 is 1.05 bits per heavy atom. The Kier molecular flexibility index (Phi) is 6.20. The van der Waals surface area contributed by atoms with Gasteiger partial charge in [-0.2, -0.15) is 0 Å². The number of nitrogens with one attached hydrogen (secondary N) is 1. The lowest BCUT2D eigenvalue weighted by Crippen LogP contribution is -2.38. The fourth-order valence-electron chi connectivity index (χ4n) is 1.82. The lowest BCUT2D eigenvalue weighted by Gasteiger charge is -2.15. The Hall–Kier alpha value is -0.710. The molecule has 0 saturated heterocycles. The van der Waals surface area contributed by atoms with E-state index in [2.05, 4.69) is 5.43 Å². The molecule has 2 aromatic carbocycles. The molecule has 0 saturated carbocycles. The zero-order valence-corrected chi connectivity index (χ0v) is 13.2. The van der Waals surface area contributed by atoms with Gasteiger partial charge in [-0.15, -0.1) is 11.8 Å². The molecule has 2 nitrogen and oxygen atoms in total. The van der Waals surface area contributed by atoms with Gasteiger partial charge in [-0.3, -0.25) is 11.3 Å². The molecular formula is C15H16Cl2N2S. The monoisotopic (exact) mass is 326 g/mol. The number of rotatable bonds is 6. The fraction of sp³-hybridized carbons (Fsp3) is 0.200. The minimum absolute atomic E-state index is 0.195. The minimum Gasteiger partial charge on any atom is -0.271 e. The van der Waals surface area contributed by atoms with Gasteiger partial charge in [-0.05, 0) is 42.3 Å². The van der Waals surface area contributed by atoms with Crippen molar-refractivity contribution in [3.8, 4) is 0 Å². The van der Waals surface area contributed by atoms with Gasteiger partial charge >= 0.3 is 0 Å². The van der Waals surface area contributed by atoms with Crippen LogP contribution in [0.3, 0.4) is 0 Å². The fourth-order valence-corrected chi connectivity index (χ4v) is 3.20. The molecule has 5 heteroatoms. The van der Waals surface area contributed by atoms with E-state index in [1.807, 2.05) is 48.5 Å². The predicted molar refractivity (Wildman–Crippen MR) is 88.4 cm³/mol. The van der Waals surface area contributed by atoms with E-state index in [4.69, 9.17) is 29.0 Å². The minimum atomic E-state index is 0.195. The van der Waals surface area contributed by atoms with Crippen molar-refractivity contribution in [2.75, 3.05) is 5.75 Å². The molecule has 2 aromatic rings. The maximum absolute atomic E-state index is 5.97. The van der Waals surface area contributed by atoms with Crippen LogP contribution in [-0.2, 0) is 6.42 Å². The van der Waals surface area contributed by atoms with Gasteiger partial charge in [-0.1, -0.05) is 41.4 Å². The smallest absolute Gasteiger partial charge is 0.0417 e. The van der Waals surface area contributed by atoms with Crippen molar-refractivity contribution < 1.29 is 0 Å². The Bertz CT molecular complexity index is 546. The summed E-state index contributed by atoms with van der Waals surface area (Å²) < 4.78 is 0. The number of hydrogen-bond acceptors (Lipinski definition) is 3. The molecule has 0 radical (unpaired) electrons. The second-order valence-corrected chi connectivity index (χ2v) is 6.43. The van der Waals surface area contributed by atoms with Crippen LogP contribution < -0.4 is 11.3 Å². The Morgan fingerprint density at radius 2 is 1.80 bits per heavy atom. The summed E-state index contributed by atoms with van der Waals surface area (Å²) in [6.45, 7) is 0. The second kappa shape index (κ2) is 7.91. The molecule has 1 atom stereocenters. The van der Waals surface area contributed by atoms with Gasteiger partial charge in [0.25, 0.3) is 0 Å². The Balaban J connectivity index is 1.90. The van der Waals surface area contributed by atoms with Crippen molar-refractivity contribution in [3.63, 3.8) is 0 Å². The number of hydrazine groups is 1. The summed E-state index contributed by atoms with van der Waals surface area (Å²) in [5.74, 6) is 6.50.